The number of hydrogen-bond acceptors (Lipinski definition) is 3. The first-order chi connectivity index (χ1) is 17.0. The molecule has 1 aliphatic rings. The van der Waals surface area contributed by atoms with Gasteiger partial charge in [0.05, 0.1) is 24.7 Å². The van der Waals surface area contributed by atoms with Gasteiger partial charge in [0, 0.05) is 24.2 Å². The lowest BCUT2D eigenvalue weighted by atomic mass is 10.1. The van der Waals surface area contributed by atoms with Crippen LogP contribution < -0.4 is 11.2 Å². The Morgan fingerprint density at radius 2 is 1.69 bits per heavy atom. The Hall–Kier alpha value is -3.21. The maximum atomic E-state index is 14.5. The summed E-state index contributed by atoms with van der Waals surface area (Å²) in [5.74, 6) is -1.24. The number of rotatable bonds is 6. The van der Waals surface area contributed by atoms with E-state index < -0.39 is 47.0 Å². The minimum Gasteiger partial charge on any atom is -0.334 e. The summed E-state index contributed by atoms with van der Waals surface area (Å²) in [6, 6.07) is 10.8. The predicted molar refractivity (Wildman–Crippen MR) is 128 cm³/mol. The van der Waals surface area contributed by atoms with Crippen LogP contribution in [0.4, 0.5) is 17.6 Å². The second-order valence-electron chi connectivity index (χ2n) is 8.56. The molecule has 0 radical (unpaired) electrons. The van der Waals surface area contributed by atoms with E-state index >= 15 is 0 Å². The summed E-state index contributed by atoms with van der Waals surface area (Å²) in [5.41, 5.74) is -2.73. The molecule has 1 aliphatic heterocycles. The average Bonchev–Trinajstić information content (AvgIpc) is 3.26. The molecule has 0 aliphatic carbocycles. The molecule has 2 heterocycles. The highest BCUT2D eigenvalue weighted by Gasteiger charge is 2.35. The van der Waals surface area contributed by atoms with E-state index in [2.05, 4.69) is 15.9 Å². The van der Waals surface area contributed by atoms with Crippen molar-refractivity contribution in [1.29, 1.82) is 0 Å². The van der Waals surface area contributed by atoms with Crippen LogP contribution in [0.25, 0.3) is 0 Å². The van der Waals surface area contributed by atoms with E-state index in [0.29, 0.717) is 24.9 Å². The Labute approximate surface area is 211 Å². The number of nitrogens with zero attached hydrogens (tertiary/aromatic N) is 3. The summed E-state index contributed by atoms with van der Waals surface area (Å²) < 4.78 is 57.0. The number of benzene rings is 2. The molecule has 11 heteroatoms. The highest BCUT2D eigenvalue weighted by atomic mass is 79.9. The smallest absolute Gasteiger partial charge is 0.334 e. The van der Waals surface area contributed by atoms with Crippen molar-refractivity contribution in [3.05, 3.63) is 102 Å². The molecule has 3 aromatic rings. The van der Waals surface area contributed by atoms with Gasteiger partial charge < -0.3 is 4.90 Å². The van der Waals surface area contributed by atoms with Crippen LogP contribution in [-0.4, -0.2) is 26.5 Å². The number of amides is 1. The second kappa shape index (κ2) is 10.0. The lowest BCUT2D eigenvalue weighted by molar-refractivity contribution is -0.138. The van der Waals surface area contributed by atoms with Crippen molar-refractivity contribution in [3.8, 4) is 0 Å². The van der Waals surface area contributed by atoms with Gasteiger partial charge in [0.2, 0.25) is 5.91 Å². The number of aromatic nitrogens is 2. The molecule has 1 fully saturated rings. The van der Waals surface area contributed by atoms with E-state index in [1.165, 1.54) is 6.92 Å². The van der Waals surface area contributed by atoms with Crippen molar-refractivity contribution >= 4 is 21.8 Å². The van der Waals surface area contributed by atoms with Crippen LogP contribution in [0, 0.1) is 12.7 Å². The van der Waals surface area contributed by atoms with E-state index in [9.17, 15) is 31.9 Å². The fourth-order valence-corrected chi connectivity index (χ4v) is 4.92. The maximum absolute atomic E-state index is 14.5. The Morgan fingerprint density at radius 3 is 2.31 bits per heavy atom. The minimum absolute atomic E-state index is 0.0356. The predicted octanol–water partition coefficient (Wildman–Crippen LogP) is 4.65. The van der Waals surface area contributed by atoms with E-state index in [1.54, 1.807) is 35.2 Å². The van der Waals surface area contributed by atoms with Gasteiger partial charge in [0.15, 0.2) is 0 Å². The molecule has 6 nitrogen and oxygen atoms in total. The van der Waals surface area contributed by atoms with Crippen molar-refractivity contribution < 1.29 is 22.4 Å². The van der Waals surface area contributed by atoms with E-state index in [0.717, 1.165) is 27.3 Å². The Morgan fingerprint density at radius 1 is 1.00 bits per heavy atom. The van der Waals surface area contributed by atoms with Gasteiger partial charge in [-0.1, -0.05) is 36.4 Å². The summed E-state index contributed by atoms with van der Waals surface area (Å²) in [5, 5.41) is 0. The number of likely N-dealkylation sites (tertiary alicyclic amines) is 1. The highest BCUT2D eigenvalue weighted by molar-refractivity contribution is 9.10. The SMILES string of the molecule is Cc1c(Br)c(=O)n(C[C@@H](c2ccccc2)N2CCCC2=O)c(=O)n1Cc1c(F)cccc1C(F)(F)F. The van der Waals surface area contributed by atoms with Crippen molar-refractivity contribution in [2.24, 2.45) is 0 Å². The zero-order valence-electron chi connectivity index (χ0n) is 19.2. The van der Waals surface area contributed by atoms with Crippen molar-refractivity contribution in [2.45, 2.75) is 45.1 Å². The van der Waals surface area contributed by atoms with Gasteiger partial charge >= 0.3 is 11.9 Å². The molecule has 1 atom stereocenters. The molecule has 0 saturated carbocycles. The summed E-state index contributed by atoms with van der Waals surface area (Å²) in [6.45, 7) is 0.891. The molecule has 1 aromatic heterocycles. The van der Waals surface area contributed by atoms with Crippen molar-refractivity contribution in [2.75, 3.05) is 6.54 Å². The molecule has 0 unspecified atom stereocenters. The van der Waals surface area contributed by atoms with Gasteiger partial charge in [-0.05, 0) is 47.0 Å². The minimum atomic E-state index is -4.84. The third-order valence-electron chi connectivity index (χ3n) is 6.38. The largest absolute Gasteiger partial charge is 0.416 e. The van der Waals surface area contributed by atoms with Gasteiger partial charge in [-0.25, -0.2) is 9.18 Å². The van der Waals surface area contributed by atoms with Crippen LogP contribution in [-0.2, 0) is 24.1 Å². The van der Waals surface area contributed by atoms with Crippen LogP contribution in [0.15, 0.2) is 62.6 Å². The summed E-state index contributed by atoms with van der Waals surface area (Å²) in [6.07, 6.45) is -3.87. The van der Waals surface area contributed by atoms with Gasteiger partial charge in [-0.2, -0.15) is 13.2 Å². The number of carbonyl (C=O) groups excluding carboxylic acids is 1. The fourth-order valence-electron chi connectivity index (χ4n) is 4.49. The Balaban J connectivity index is 1.84. The quantitative estimate of drug-likeness (QED) is 0.407. The maximum Gasteiger partial charge on any atom is 0.416 e. The Bertz CT molecular complexity index is 1420. The zero-order chi connectivity index (χ0) is 26.2. The summed E-state index contributed by atoms with van der Waals surface area (Å²) in [7, 11) is 0. The molecule has 0 N–H and O–H groups in total. The van der Waals surface area contributed by atoms with Crippen molar-refractivity contribution in [1.82, 2.24) is 14.0 Å². The molecular formula is C25H22BrF4N3O3. The van der Waals surface area contributed by atoms with Crippen LogP contribution in [0.5, 0.6) is 0 Å². The lowest BCUT2D eigenvalue weighted by Crippen LogP contribution is -2.45. The van der Waals surface area contributed by atoms with E-state index in [4.69, 9.17) is 0 Å². The molecule has 4 rings (SSSR count). The van der Waals surface area contributed by atoms with Crippen molar-refractivity contribution in [3.63, 3.8) is 0 Å². The van der Waals surface area contributed by atoms with Gasteiger partial charge in [-0.3, -0.25) is 18.7 Å². The van der Waals surface area contributed by atoms with Gasteiger partial charge in [-0.15, -0.1) is 0 Å². The third-order valence-corrected chi connectivity index (χ3v) is 7.30. The monoisotopic (exact) mass is 567 g/mol. The molecule has 0 bridgehead atoms. The number of alkyl halides is 3. The zero-order valence-corrected chi connectivity index (χ0v) is 20.8. The number of halogens is 5. The molecule has 2 aromatic carbocycles. The average molecular weight is 568 g/mol. The number of hydrogen-bond donors (Lipinski definition) is 0. The van der Waals surface area contributed by atoms with E-state index in [1.807, 2.05) is 0 Å². The number of carbonyl (C=O) groups is 1. The second-order valence-corrected chi connectivity index (χ2v) is 9.36. The topological polar surface area (TPSA) is 64.3 Å². The first-order valence-electron chi connectivity index (χ1n) is 11.2. The Kier molecular flexibility index (Phi) is 7.21. The first kappa shape index (κ1) is 25.9. The van der Waals surface area contributed by atoms with Crippen LogP contribution in [0.3, 0.4) is 0 Å². The third kappa shape index (κ3) is 4.88. The molecule has 190 valence electrons. The van der Waals surface area contributed by atoms with Gasteiger partial charge in [0.25, 0.3) is 5.56 Å². The summed E-state index contributed by atoms with van der Waals surface area (Å²) >= 11 is 3.16. The highest BCUT2D eigenvalue weighted by Crippen LogP contribution is 2.33. The molecule has 1 amide bonds. The standard InChI is InChI=1S/C25H22BrF4N3O3/c1-15-22(26)23(35)33(14-20(16-7-3-2-4-8-16)31-12-6-11-21(31)34)24(36)32(15)13-17-18(25(28,29)30)9-5-10-19(17)27/h2-5,7-10,20H,6,11-14H2,1H3/t20-/m0/s1. The molecule has 1 saturated heterocycles. The lowest BCUT2D eigenvalue weighted by Gasteiger charge is -2.29. The molecule has 36 heavy (non-hydrogen) atoms. The van der Waals surface area contributed by atoms with E-state index in [-0.39, 0.29) is 22.6 Å². The van der Waals surface area contributed by atoms with Gasteiger partial charge in [0.1, 0.15) is 10.3 Å². The first-order valence-corrected chi connectivity index (χ1v) is 12.0. The molecular weight excluding hydrogens is 546 g/mol. The summed E-state index contributed by atoms with van der Waals surface area (Å²) in [4.78, 5) is 40.8. The fraction of sp³-hybridized carbons (Fsp3) is 0.320. The normalized spacial score (nSPS) is 14.9. The van der Waals surface area contributed by atoms with Crippen LogP contribution >= 0.6 is 15.9 Å². The van der Waals surface area contributed by atoms with Crippen LogP contribution in [0.2, 0.25) is 0 Å². The molecule has 0 spiro atoms. The van der Waals surface area contributed by atoms with Crippen LogP contribution in [0.1, 0.15) is 41.3 Å².